The highest BCUT2D eigenvalue weighted by Crippen LogP contribution is 2.10. The third-order valence-electron chi connectivity index (χ3n) is 3.22. The molecule has 0 atom stereocenters. The van der Waals surface area contributed by atoms with Crippen LogP contribution in [0.3, 0.4) is 0 Å². The highest BCUT2D eigenvalue weighted by atomic mass is 16.3. The second-order valence-electron chi connectivity index (χ2n) is 4.43. The number of hydrogen-bond donors (Lipinski definition) is 3. The van der Waals surface area contributed by atoms with E-state index in [9.17, 15) is 4.79 Å². The van der Waals surface area contributed by atoms with Crippen molar-refractivity contribution in [3.63, 3.8) is 0 Å². The second kappa shape index (κ2) is 6.46. The normalized spacial score (nSPS) is 16.4. The molecule has 1 aliphatic rings. The Morgan fingerprint density at radius 1 is 1.42 bits per heavy atom. The fraction of sp³-hybridized carbons (Fsp3) is 0.500. The van der Waals surface area contributed by atoms with Crippen LogP contribution in [0.25, 0.3) is 0 Å². The molecular formula is C12H19N5O2. The van der Waals surface area contributed by atoms with Gasteiger partial charge in [0.25, 0.3) is 5.91 Å². The second-order valence-corrected chi connectivity index (χ2v) is 4.43. The molecule has 1 aliphatic heterocycles. The molecule has 0 bridgehead atoms. The number of anilines is 1. The van der Waals surface area contributed by atoms with Crippen molar-refractivity contribution in [3.05, 3.63) is 24.0 Å². The number of nitrogens with one attached hydrogen (secondary N) is 1. The Labute approximate surface area is 112 Å². The fourth-order valence-electron chi connectivity index (χ4n) is 2.12. The van der Waals surface area contributed by atoms with Gasteiger partial charge in [-0.25, -0.2) is 0 Å². The van der Waals surface area contributed by atoms with Gasteiger partial charge < -0.3 is 15.4 Å². The van der Waals surface area contributed by atoms with Gasteiger partial charge in [0.2, 0.25) is 0 Å². The van der Waals surface area contributed by atoms with Gasteiger partial charge in [0, 0.05) is 38.9 Å². The minimum absolute atomic E-state index is 0.0826. The summed E-state index contributed by atoms with van der Waals surface area (Å²) >= 11 is 0. The van der Waals surface area contributed by atoms with E-state index in [-0.39, 0.29) is 12.5 Å². The van der Waals surface area contributed by atoms with Gasteiger partial charge in [-0.1, -0.05) is 0 Å². The van der Waals surface area contributed by atoms with Crippen molar-refractivity contribution in [2.75, 3.05) is 44.8 Å². The SMILES string of the molecule is NNc1ccnc(C(=O)N2CCN(CCO)CC2)c1. The standard InChI is InChI=1S/C12H19N5O2/c13-15-10-1-2-14-11(9-10)12(19)17-5-3-16(4-6-17)7-8-18/h1-2,9,18H,3-8,13H2,(H,14,15). The van der Waals surface area contributed by atoms with E-state index in [1.54, 1.807) is 23.2 Å². The molecule has 2 rings (SSSR count). The minimum atomic E-state index is -0.0826. The monoisotopic (exact) mass is 265 g/mol. The van der Waals surface area contributed by atoms with Crippen LogP contribution in [0.1, 0.15) is 10.5 Å². The van der Waals surface area contributed by atoms with E-state index in [0.717, 1.165) is 13.1 Å². The smallest absolute Gasteiger partial charge is 0.272 e. The van der Waals surface area contributed by atoms with Crippen molar-refractivity contribution >= 4 is 11.6 Å². The first-order valence-corrected chi connectivity index (χ1v) is 6.29. The molecule has 0 aromatic carbocycles. The van der Waals surface area contributed by atoms with Crippen LogP contribution in [-0.2, 0) is 0 Å². The van der Waals surface area contributed by atoms with Gasteiger partial charge in [0.05, 0.1) is 12.3 Å². The first-order valence-electron chi connectivity index (χ1n) is 6.29. The molecule has 1 aromatic heterocycles. The number of aliphatic hydroxyl groups is 1. The summed E-state index contributed by atoms with van der Waals surface area (Å²) in [5, 5.41) is 8.88. The van der Waals surface area contributed by atoms with Gasteiger partial charge in [-0.2, -0.15) is 0 Å². The number of amides is 1. The van der Waals surface area contributed by atoms with Gasteiger partial charge in [0.15, 0.2) is 0 Å². The van der Waals surface area contributed by atoms with E-state index in [0.29, 0.717) is 31.0 Å². The van der Waals surface area contributed by atoms with Crippen molar-refractivity contribution < 1.29 is 9.90 Å². The lowest BCUT2D eigenvalue weighted by Crippen LogP contribution is -2.49. The number of nitrogen functional groups attached to an aromatic ring is 1. The number of carbonyl (C=O) groups excluding carboxylic acids is 1. The minimum Gasteiger partial charge on any atom is -0.395 e. The quantitative estimate of drug-likeness (QED) is 0.483. The molecule has 1 saturated heterocycles. The summed E-state index contributed by atoms with van der Waals surface area (Å²) in [5.74, 6) is 5.23. The lowest BCUT2D eigenvalue weighted by atomic mass is 10.2. The van der Waals surface area contributed by atoms with Crippen molar-refractivity contribution in [1.29, 1.82) is 0 Å². The fourth-order valence-corrected chi connectivity index (χ4v) is 2.12. The molecule has 0 radical (unpaired) electrons. The van der Waals surface area contributed by atoms with Gasteiger partial charge >= 0.3 is 0 Å². The van der Waals surface area contributed by atoms with Crippen molar-refractivity contribution in [3.8, 4) is 0 Å². The van der Waals surface area contributed by atoms with Gasteiger partial charge in [-0.05, 0) is 12.1 Å². The Bertz CT molecular complexity index is 432. The molecule has 1 aromatic rings. The number of hydrogen-bond acceptors (Lipinski definition) is 6. The maximum atomic E-state index is 12.3. The maximum Gasteiger partial charge on any atom is 0.272 e. The molecule has 0 spiro atoms. The summed E-state index contributed by atoms with van der Waals surface area (Å²) in [6, 6.07) is 3.35. The molecule has 19 heavy (non-hydrogen) atoms. The summed E-state index contributed by atoms with van der Waals surface area (Å²) in [6.07, 6.45) is 1.56. The third kappa shape index (κ3) is 3.40. The summed E-state index contributed by atoms with van der Waals surface area (Å²) in [6.45, 7) is 3.68. The Kier molecular flexibility index (Phi) is 4.67. The Morgan fingerprint density at radius 2 is 2.16 bits per heavy atom. The zero-order chi connectivity index (χ0) is 13.7. The van der Waals surface area contributed by atoms with E-state index >= 15 is 0 Å². The van der Waals surface area contributed by atoms with E-state index in [1.165, 1.54) is 0 Å². The number of hydrazine groups is 1. The van der Waals surface area contributed by atoms with Crippen LogP contribution in [0, 0.1) is 0 Å². The predicted octanol–water partition coefficient (Wildman–Crippen LogP) is -0.883. The van der Waals surface area contributed by atoms with E-state index in [2.05, 4.69) is 15.3 Å². The third-order valence-corrected chi connectivity index (χ3v) is 3.22. The first-order chi connectivity index (χ1) is 9.24. The maximum absolute atomic E-state index is 12.3. The Hall–Kier alpha value is -1.70. The number of nitrogens with zero attached hydrogens (tertiary/aromatic N) is 3. The van der Waals surface area contributed by atoms with Gasteiger partial charge in [-0.3, -0.25) is 20.5 Å². The highest BCUT2D eigenvalue weighted by molar-refractivity contribution is 5.93. The van der Waals surface area contributed by atoms with Crippen LogP contribution >= 0.6 is 0 Å². The number of piperazine rings is 1. The molecule has 7 nitrogen and oxygen atoms in total. The zero-order valence-electron chi connectivity index (χ0n) is 10.7. The number of β-amino-alcohol motifs (C(OH)–C–C–N with tert-alkyl or cyclic N) is 1. The molecular weight excluding hydrogens is 246 g/mol. The Balaban J connectivity index is 1.97. The lowest BCUT2D eigenvalue weighted by molar-refractivity contribution is 0.0609. The molecule has 0 saturated carbocycles. The molecule has 104 valence electrons. The molecule has 0 aliphatic carbocycles. The van der Waals surface area contributed by atoms with Crippen LogP contribution in [0.5, 0.6) is 0 Å². The predicted molar refractivity (Wildman–Crippen MR) is 71.5 cm³/mol. The average molecular weight is 265 g/mol. The summed E-state index contributed by atoms with van der Waals surface area (Å²) < 4.78 is 0. The van der Waals surface area contributed by atoms with Crippen molar-refractivity contribution in [1.82, 2.24) is 14.8 Å². The molecule has 1 fully saturated rings. The van der Waals surface area contributed by atoms with Crippen LogP contribution in [0.2, 0.25) is 0 Å². The summed E-state index contributed by atoms with van der Waals surface area (Å²) in [4.78, 5) is 20.2. The average Bonchev–Trinajstić information content (AvgIpc) is 2.48. The summed E-state index contributed by atoms with van der Waals surface area (Å²) in [5.41, 5.74) is 3.56. The number of pyridine rings is 1. The van der Waals surface area contributed by atoms with Crippen molar-refractivity contribution in [2.45, 2.75) is 0 Å². The van der Waals surface area contributed by atoms with Gasteiger partial charge in [-0.15, -0.1) is 0 Å². The largest absolute Gasteiger partial charge is 0.395 e. The van der Waals surface area contributed by atoms with Crippen molar-refractivity contribution in [2.24, 2.45) is 5.84 Å². The zero-order valence-corrected chi connectivity index (χ0v) is 10.7. The molecule has 1 amide bonds. The highest BCUT2D eigenvalue weighted by Gasteiger charge is 2.22. The lowest BCUT2D eigenvalue weighted by Gasteiger charge is -2.34. The topological polar surface area (TPSA) is 94.7 Å². The first kappa shape index (κ1) is 13.7. The van der Waals surface area contributed by atoms with Crippen LogP contribution in [0.15, 0.2) is 18.3 Å². The van der Waals surface area contributed by atoms with E-state index < -0.39 is 0 Å². The van der Waals surface area contributed by atoms with E-state index in [1.807, 2.05) is 0 Å². The molecule has 2 heterocycles. The van der Waals surface area contributed by atoms with Gasteiger partial charge in [0.1, 0.15) is 5.69 Å². The molecule has 7 heteroatoms. The number of aromatic nitrogens is 1. The van der Waals surface area contributed by atoms with E-state index in [4.69, 9.17) is 10.9 Å². The number of carbonyl (C=O) groups is 1. The van der Waals surface area contributed by atoms with Crippen LogP contribution in [-0.4, -0.2) is 65.1 Å². The van der Waals surface area contributed by atoms with Crippen LogP contribution < -0.4 is 11.3 Å². The number of rotatable bonds is 4. The molecule has 4 N–H and O–H groups in total. The molecule has 0 unspecified atom stereocenters. The van der Waals surface area contributed by atoms with Crippen LogP contribution in [0.4, 0.5) is 5.69 Å². The summed E-state index contributed by atoms with van der Waals surface area (Å²) in [7, 11) is 0. The number of aliphatic hydroxyl groups excluding tert-OH is 1. The number of nitrogens with two attached hydrogens (primary N) is 1. The Morgan fingerprint density at radius 3 is 2.79 bits per heavy atom.